The number of likely N-dealkylation sites (N-methyl/N-ethyl adjacent to an activating group) is 1. The van der Waals surface area contributed by atoms with Crippen LogP contribution in [0.3, 0.4) is 0 Å². The van der Waals surface area contributed by atoms with Gasteiger partial charge in [0, 0.05) is 0 Å². The predicted octanol–water partition coefficient (Wildman–Crippen LogP) is 1.16. The van der Waals surface area contributed by atoms with Crippen LogP contribution in [0.5, 0.6) is 0 Å². The number of carbonyl (C=O) groups excluding carboxylic acids is 1. The van der Waals surface area contributed by atoms with Crippen LogP contribution in [0, 0.1) is 0 Å². The lowest BCUT2D eigenvalue weighted by atomic mass is 10.1. The van der Waals surface area contributed by atoms with E-state index in [1.54, 1.807) is 0 Å². The molecule has 2 rings (SSSR count). The molecule has 0 amide bonds. The molecule has 0 fully saturated rings. The van der Waals surface area contributed by atoms with E-state index < -0.39 is 6.04 Å². The molecule has 0 bridgehead atoms. The largest absolute Gasteiger partial charge is 0.456 e. The highest BCUT2D eigenvalue weighted by Crippen LogP contribution is 2.22. The number of anilines is 2. The van der Waals surface area contributed by atoms with Gasteiger partial charge in [0.2, 0.25) is 11.9 Å². The Morgan fingerprint density at radius 3 is 2.21 bits per heavy atom. The third-order valence-electron chi connectivity index (χ3n) is 3.58. The number of hydrogen-bond acceptors (Lipinski definition) is 8. The Morgan fingerprint density at radius 2 is 1.67 bits per heavy atom. The van der Waals surface area contributed by atoms with Gasteiger partial charge in [-0.2, -0.15) is 15.0 Å². The van der Waals surface area contributed by atoms with Crippen LogP contribution < -0.4 is 11.5 Å². The zero-order chi connectivity index (χ0) is 17.5. The molecule has 0 aliphatic rings. The zero-order valence-electron chi connectivity index (χ0n) is 13.8. The number of nitrogens with zero attached hydrogens (tertiary/aromatic N) is 4. The highest BCUT2D eigenvalue weighted by Gasteiger charge is 2.27. The summed E-state index contributed by atoms with van der Waals surface area (Å²) >= 11 is 0. The average molecular weight is 330 g/mol. The van der Waals surface area contributed by atoms with Gasteiger partial charge in [0.25, 0.3) is 0 Å². The Labute approximate surface area is 140 Å². The van der Waals surface area contributed by atoms with Crippen LogP contribution >= 0.6 is 0 Å². The summed E-state index contributed by atoms with van der Waals surface area (Å²) in [6.45, 7) is 5.33. The molecule has 1 unspecified atom stereocenters. The summed E-state index contributed by atoms with van der Waals surface area (Å²) in [5.41, 5.74) is 11.9. The molecule has 0 radical (unpaired) electrons. The van der Waals surface area contributed by atoms with Gasteiger partial charge in [0.15, 0.2) is 12.4 Å². The fraction of sp³-hybridized carbons (Fsp3) is 0.375. The fourth-order valence-electron chi connectivity index (χ4n) is 2.46. The number of rotatable bonds is 7. The van der Waals surface area contributed by atoms with Crippen LogP contribution in [-0.2, 0) is 16.1 Å². The first kappa shape index (κ1) is 17.6. The topological polar surface area (TPSA) is 120 Å². The monoisotopic (exact) mass is 330 g/mol. The van der Waals surface area contributed by atoms with Crippen molar-refractivity contribution in [1.29, 1.82) is 0 Å². The van der Waals surface area contributed by atoms with Crippen LogP contribution in [0.1, 0.15) is 31.3 Å². The first-order valence-electron chi connectivity index (χ1n) is 7.76. The van der Waals surface area contributed by atoms with E-state index in [1.807, 2.05) is 49.1 Å². The second-order valence-corrected chi connectivity index (χ2v) is 5.11. The van der Waals surface area contributed by atoms with Crippen molar-refractivity contribution in [3.05, 3.63) is 41.7 Å². The minimum Gasteiger partial charge on any atom is -0.456 e. The van der Waals surface area contributed by atoms with Crippen molar-refractivity contribution in [2.45, 2.75) is 26.5 Å². The van der Waals surface area contributed by atoms with Crippen molar-refractivity contribution in [3.63, 3.8) is 0 Å². The first-order chi connectivity index (χ1) is 11.5. The van der Waals surface area contributed by atoms with Crippen molar-refractivity contribution in [1.82, 2.24) is 19.9 Å². The number of benzene rings is 1. The number of ether oxygens (including phenoxy) is 1. The highest BCUT2D eigenvalue weighted by molar-refractivity contribution is 5.77. The van der Waals surface area contributed by atoms with Gasteiger partial charge in [-0.25, -0.2) is 4.79 Å². The Bertz CT molecular complexity index is 655. The number of nitrogens with two attached hydrogens (primary N) is 2. The molecular formula is C16H22N6O2. The molecule has 128 valence electrons. The molecule has 1 heterocycles. The minimum atomic E-state index is -0.488. The predicted molar refractivity (Wildman–Crippen MR) is 90.6 cm³/mol. The summed E-state index contributed by atoms with van der Waals surface area (Å²) in [6.07, 6.45) is 0. The maximum Gasteiger partial charge on any atom is 0.328 e. The Hall–Kier alpha value is -2.74. The van der Waals surface area contributed by atoms with E-state index in [-0.39, 0.29) is 30.3 Å². The van der Waals surface area contributed by atoms with Crippen molar-refractivity contribution in [3.8, 4) is 0 Å². The van der Waals surface area contributed by atoms with Gasteiger partial charge in [-0.1, -0.05) is 44.2 Å². The summed E-state index contributed by atoms with van der Waals surface area (Å²) in [5.74, 6) is -0.157. The van der Waals surface area contributed by atoms with Gasteiger partial charge in [0.1, 0.15) is 6.04 Å². The maximum absolute atomic E-state index is 12.6. The minimum absolute atomic E-state index is 0.00287. The van der Waals surface area contributed by atoms with E-state index in [4.69, 9.17) is 16.2 Å². The number of nitrogen functional groups attached to an aromatic ring is 2. The molecule has 1 aromatic carbocycles. The normalized spacial score (nSPS) is 12.1. The van der Waals surface area contributed by atoms with E-state index in [2.05, 4.69) is 15.0 Å². The lowest BCUT2D eigenvalue weighted by Crippen LogP contribution is -2.35. The molecule has 4 N–H and O–H groups in total. The number of hydrogen-bond donors (Lipinski definition) is 2. The molecule has 8 nitrogen and oxygen atoms in total. The average Bonchev–Trinajstić information content (AvgIpc) is 2.57. The summed E-state index contributed by atoms with van der Waals surface area (Å²) in [5, 5.41) is 0. The van der Waals surface area contributed by atoms with Gasteiger partial charge < -0.3 is 16.2 Å². The second kappa shape index (κ2) is 8.21. The van der Waals surface area contributed by atoms with Crippen LogP contribution in [0.25, 0.3) is 0 Å². The maximum atomic E-state index is 12.6. The number of esters is 1. The molecule has 8 heteroatoms. The Balaban J connectivity index is 2.15. The van der Waals surface area contributed by atoms with Gasteiger partial charge in [-0.05, 0) is 18.7 Å². The smallest absolute Gasteiger partial charge is 0.328 e. The molecule has 0 saturated carbocycles. The standard InChI is InChI=1S/C16H22N6O2/c1-3-22(4-2)13(11-8-6-5-7-9-11)14(23)24-10-12-19-15(17)21-16(18)20-12/h5-9,13H,3-4,10H2,1-2H3,(H4,17,18,19,20,21). The number of aromatic nitrogens is 3. The lowest BCUT2D eigenvalue weighted by Gasteiger charge is -2.28. The second-order valence-electron chi connectivity index (χ2n) is 5.11. The summed E-state index contributed by atoms with van der Waals surface area (Å²) in [7, 11) is 0. The third-order valence-corrected chi connectivity index (χ3v) is 3.58. The number of carbonyl (C=O) groups is 1. The third kappa shape index (κ3) is 4.39. The Morgan fingerprint density at radius 1 is 1.08 bits per heavy atom. The van der Waals surface area contributed by atoms with E-state index in [1.165, 1.54) is 0 Å². The summed E-state index contributed by atoms with van der Waals surface area (Å²) in [6, 6.07) is 9.02. The van der Waals surface area contributed by atoms with Gasteiger partial charge in [0.05, 0.1) is 0 Å². The highest BCUT2D eigenvalue weighted by atomic mass is 16.5. The quantitative estimate of drug-likeness (QED) is 0.726. The molecule has 0 saturated heterocycles. The van der Waals surface area contributed by atoms with Crippen molar-refractivity contribution >= 4 is 17.9 Å². The molecule has 1 atom stereocenters. The molecule has 0 aliphatic heterocycles. The van der Waals surface area contributed by atoms with Crippen LogP contribution in [-0.4, -0.2) is 38.9 Å². The van der Waals surface area contributed by atoms with Crippen molar-refractivity contribution < 1.29 is 9.53 Å². The van der Waals surface area contributed by atoms with Gasteiger partial charge >= 0.3 is 5.97 Å². The summed E-state index contributed by atoms with van der Waals surface area (Å²) < 4.78 is 5.39. The molecule has 2 aromatic rings. The van der Waals surface area contributed by atoms with E-state index >= 15 is 0 Å². The SMILES string of the molecule is CCN(CC)C(C(=O)OCc1nc(N)nc(N)n1)c1ccccc1. The fourth-order valence-corrected chi connectivity index (χ4v) is 2.46. The van der Waals surface area contributed by atoms with Crippen LogP contribution in [0.4, 0.5) is 11.9 Å². The van der Waals surface area contributed by atoms with Crippen LogP contribution in [0.2, 0.25) is 0 Å². The molecule has 24 heavy (non-hydrogen) atoms. The van der Waals surface area contributed by atoms with E-state index in [0.717, 1.165) is 18.7 Å². The summed E-state index contributed by atoms with van der Waals surface area (Å²) in [4.78, 5) is 26.2. The van der Waals surface area contributed by atoms with Crippen molar-refractivity contribution in [2.75, 3.05) is 24.6 Å². The van der Waals surface area contributed by atoms with Gasteiger partial charge in [-0.15, -0.1) is 0 Å². The molecule has 1 aromatic heterocycles. The zero-order valence-corrected chi connectivity index (χ0v) is 13.8. The lowest BCUT2D eigenvalue weighted by molar-refractivity contribution is -0.152. The molecular weight excluding hydrogens is 308 g/mol. The van der Waals surface area contributed by atoms with E-state index in [0.29, 0.717) is 0 Å². The Kier molecular flexibility index (Phi) is 6.02. The van der Waals surface area contributed by atoms with Crippen LogP contribution in [0.15, 0.2) is 30.3 Å². The van der Waals surface area contributed by atoms with Gasteiger partial charge in [-0.3, -0.25) is 4.90 Å². The van der Waals surface area contributed by atoms with E-state index in [9.17, 15) is 4.79 Å². The molecule has 0 spiro atoms. The molecule has 0 aliphatic carbocycles. The first-order valence-corrected chi connectivity index (χ1v) is 7.76. The van der Waals surface area contributed by atoms with Crippen molar-refractivity contribution in [2.24, 2.45) is 0 Å².